The molecule has 0 radical (unpaired) electrons. The smallest absolute Gasteiger partial charge is 0.315 e. The summed E-state index contributed by atoms with van der Waals surface area (Å²) < 4.78 is 0. The fraction of sp³-hybridized carbons (Fsp3) is 0.467. The third kappa shape index (κ3) is 4.91. The second-order valence-corrected chi connectivity index (χ2v) is 5.12. The third-order valence-corrected chi connectivity index (χ3v) is 3.10. The molecule has 1 unspecified atom stereocenters. The molecule has 1 atom stereocenters. The Morgan fingerprint density at radius 3 is 2.45 bits per heavy atom. The number of aliphatic carboxylic acids is 1. The Morgan fingerprint density at radius 1 is 1.25 bits per heavy atom. The molecule has 2 amide bonds. The normalized spacial score (nSPS) is 12.0. The first-order chi connectivity index (χ1) is 9.41. The molecule has 1 aromatic rings. The maximum atomic E-state index is 11.8. The van der Waals surface area contributed by atoms with Crippen LogP contribution in [0.5, 0.6) is 0 Å². The molecule has 0 heterocycles. The van der Waals surface area contributed by atoms with Gasteiger partial charge in [-0.15, -0.1) is 0 Å². The predicted octanol–water partition coefficient (Wildman–Crippen LogP) is 2.47. The lowest BCUT2D eigenvalue weighted by Gasteiger charge is -2.24. The van der Waals surface area contributed by atoms with E-state index < -0.39 is 5.97 Å². The van der Waals surface area contributed by atoms with Crippen molar-refractivity contribution in [2.45, 2.75) is 33.2 Å². The zero-order valence-corrected chi connectivity index (χ0v) is 12.1. The highest BCUT2D eigenvalue weighted by Crippen LogP contribution is 2.24. The molecule has 0 aliphatic heterocycles. The van der Waals surface area contributed by atoms with Crippen LogP contribution in [0, 0.1) is 12.8 Å². The van der Waals surface area contributed by atoms with Crippen molar-refractivity contribution in [3.05, 3.63) is 35.4 Å². The summed E-state index contributed by atoms with van der Waals surface area (Å²) in [5, 5.41) is 14.0. The van der Waals surface area contributed by atoms with Gasteiger partial charge in [-0.25, -0.2) is 4.79 Å². The van der Waals surface area contributed by atoms with Gasteiger partial charge >= 0.3 is 12.0 Å². The van der Waals surface area contributed by atoms with Crippen LogP contribution >= 0.6 is 0 Å². The molecule has 0 saturated heterocycles. The van der Waals surface area contributed by atoms with Crippen molar-refractivity contribution in [2.75, 3.05) is 6.54 Å². The Bertz CT molecular complexity index is 472. The number of hydrogen-bond donors (Lipinski definition) is 3. The molecule has 0 aromatic heterocycles. The molecule has 0 bridgehead atoms. The molecule has 1 aromatic carbocycles. The minimum atomic E-state index is -0.926. The van der Waals surface area contributed by atoms with Crippen LogP contribution < -0.4 is 10.6 Å². The van der Waals surface area contributed by atoms with Gasteiger partial charge in [-0.3, -0.25) is 4.79 Å². The number of benzene rings is 1. The van der Waals surface area contributed by atoms with Gasteiger partial charge in [0.05, 0.1) is 12.5 Å². The van der Waals surface area contributed by atoms with Crippen molar-refractivity contribution in [1.29, 1.82) is 0 Å². The zero-order chi connectivity index (χ0) is 15.1. The van der Waals surface area contributed by atoms with E-state index >= 15 is 0 Å². The first-order valence-electron chi connectivity index (χ1n) is 6.73. The lowest BCUT2D eigenvalue weighted by molar-refractivity contribution is -0.136. The zero-order valence-electron chi connectivity index (χ0n) is 12.1. The molecule has 0 fully saturated rings. The number of carboxylic acid groups (broad SMARTS) is 1. The van der Waals surface area contributed by atoms with Gasteiger partial charge in [0, 0.05) is 6.54 Å². The van der Waals surface area contributed by atoms with Gasteiger partial charge in [-0.2, -0.15) is 0 Å². The largest absolute Gasteiger partial charge is 0.481 e. The first-order valence-corrected chi connectivity index (χ1v) is 6.73. The Kier molecular flexibility index (Phi) is 6.03. The molecule has 0 aliphatic rings. The van der Waals surface area contributed by atoms with Crippen LogP contribution in [-0.2, 0) is 4.79 Å². The van der Waals surface area contributed by atoms with Crippen LogP contribution in [-0.4, -0.2) is 23.7 Å². The van der Waals surface area contributed by atoms with Crippen LogP contribution in [0.25, 0.3) is 0 Å². The van der Waals surface area contributed by atoms with E-state index in [0.29, 0.717) is 0 Å². The van der Waals surface area contributed by atoms with Crippen molar-refractivity contribution in [3.8, 4) is 0 Å². The van der Waals surface area contributed by atoms with E-state index in [9.17, 15) is 9.59 Å². The average molecular weight is 278 g/mol. The highest BCUT2D eigenvalue weighted by atomic mass is 16.4. The van der Waals surface area contributed by atoms with Gasteiger partial charge in [0.1, 0.15) is 0 Å². The topological polar surface area (TPSA) is 78.4 Å². The number of hydrogen-bond acceptors (Lipinski definition) is 2. The average Bonchev–Trinajstić information content (AvgIpc) is 2.36. The number of amides is 2. The molecule has 0 aliphatic carbocycles. The fourth-order valence-corrected chi connectivity index (χ4v) is 2.01. The molecule has 0 saturated carbocycles. The highest BCUT2D eigenvalue weighted by Gasteiger charge is 2.19. The fourth-order valence-electron chi connectivity index (χ4n) is 2.01. The Morgan fingerprint density at radius 2 is 1.90 bits per heavy atom. The number of nitrogens with one attached hydrogen (secondary N) is 2. The summed E-state index contributed by atoms with van der Waals surface area (Å²) in [6.45, 7) is 6.21. The number of carboxylic acids is 1. The molecule has 3 N–H and O–H groups in total. The lowest BCUT2D eigenvalue weighted by Crippen LogP contribution is -2.40. The van der Waals surface area contributed by atoms with Crippen LogP contribution in [0.4, 0.5) is 4.79 Å². The van der Waals surface area contributed by atoms with Gasteiger partial charge in [-0.1, -0.05) is 38.1 Å². The standard InChI is InChI=1S/C15H22N2O3/c1-10(2)14(12-7-5-4-6-11(12)3)17-15(20)16-9-8-13(18)19/h4-7,10,14H,8-9H2,1-3H3,(H,18,19)(H2,16,17,20). The van der Waals surface area contributed by atoms with Crippen molar-refractivity contribution in [2.24, 2.45) is 5.92 Å². The first kappa shape index (κ1) is 16.0. The lowest BCUT2D eigenvalue weighted by atomic mass is 9.93. The summed E-state index contributed by atoms with van der Waals surface area (Å²) in [7, 11) is 0. The highest BCUT2D eigenvalue weighted by molar-refractivity contribution is 5.75. The second-order valence-electron chi connectivity index (χ2n) is 5.12. The van der Waals surface area contributed by atoms with Crippen LogP contribution in [0.2, 0.25) is 0 Å². The maximum absolute atomic E-state index is 11.8. The van der Waals surface area contributed by atoms with E-state index in [-0.39, 0.29) is 31.0 Å². The number of carbonyl (C=O) groups is 2. The quantitative estimate of drug-likeness (QED) is 0.748. The van der Waals surface area contributed by atoms with Crippen molar-refractivity contribution in [1.82, 2.24) is 10.6 Å². The number of rotatable bonds is 6. The molecule has 5 nitrogen and oxygen atoms in total. The predicted molar refractivity (Wildman–Crippen MR) is 77.5 cm³/mol. The SMILES string of the molecule is Cc1ccccc1C(NC(=O)NCCC(=O)O)C(C)C. The Balaban J connectivity index is 2.67. The summed E-state index contributed by atoms with van der Waals surface area (Å²) in [5.74, 6) is -0.689. The van der Waals surface area contributed by atoms with Gasteiger partial charge < -0.3 is 15.7 Å². The summed E-state index contributed by atoms with van der Waals surface area (Å²) >= 11 is 0. The molecular formula is C15H22N2O3. The minimum absolute atomic E-state index is 0.0792. The van der Waals surface area contributed by atoms with Gasteiger partial charge in [0.25, 0.3) is 0 Å². The summed E-state index contributed by atoms with van der Waals surface area (Å²) in [5.41, 5.74) is 2.20. The Hall–Kier alpha value is -2.04. The van der Waals surface area contributed by atoms with Gasteiger partial charge in [-0.05, 0) is 24.0 Å². The summed E-state index contributed by atoms with van der Waals surface area (Å²) in [4.78, 5) is 22.2. The van der Waals surface area contributed by atoms with Gasteiger partial charge in [0.2, 0.25) is 0 Å². The molecule has 5 heteroatoms. The molecule has 20 heavy (non-hydrogen) atoms. The summed E-state index contributed by atoms with van der Waals surface area (Å²) in [6, 6.07) is 7.48. The maximum Gasteiger partial charge on any atom is 0.315 e. The second kappa shape index (κ2) is 7.53. The molecule has 1 rings (SSSR count). The van der Waals surface area contributed by atoms with E-state index in [2.05, 4.69) is 10.6 Å². The van der Waals surface area contributed by atoms with Crippen molar-refractivity contribution in [3.63, 3.8) is 0 Å². The van der Waals surface area contributed by atoms with Gasteiger partial charge in [0.15, 0.2) is 0 Å². The monoisotopic (exact) mass is 278 g/mol. The van der Waals surface area contributed by atoms with E-state index in [0.717, 1.165) is 11.1 Å². The minimum Gasteiger partial charge on any atom is -0.481 e. The third-order valence-electron chi connectivity index (χ3n) is 3.10. The molecule has 0 spiro atoms. The molecular weight excluding hydrogens is 256 g/mol. The number of aryl methyl sites for hydroxylation is 1. The van der Waals surface area contributed by atoms with E-state index in [1.807, 2.05) is 45.0 Å². The van der Waals surface area contributed by atoms with Crippen LogP contribution in [0.3, 0.4) is 0 Å². The number of carbonyl (C=O) groups excluding carboxylic acids is 1. The van der Waals surface area contributed by atoms with Crippen molar-refractivity contribution >= 4 is 12.0 Å². The number of urea groups is 1. The van der Waals surface area contributed by atoms with E-state index in [1.54, 1.807) is 0 Å². The van der Waals surface area contributed by atoms with E-state index in [4.69, 9.17) is 5.11 Å². The summed E-state index contributed by atoms with van der Waals surface area (Å²) in [6.07, 6.45) is -0.0792. The van der Waals surface area contributed by atoms with Crippen LogP contribution in [0.15, 0.2) is 24.3 Å². The van der Waals surface area contributed by atoms with E-state index in [1.165, 1.54) is 0 Å². The Labute approximate surface area is 119 Å². The molecule has 110 valence electrons. The van der Waals surface area contributed by atoms with Crippen LogP contribution in [0.1, 0.15) is 37.4 Å². The van der Waals surface area contributed by atoms with Crippen molar-refractivity contribution < 1.29 is 14.7 Å².